The van der Waals surface area contributed by atoms with E-state index >= 15 is 0 Å². The largest absolute Gasteiger partial charge is 0.291 e. The lowest BCUT2D eigenvalue weighted by atomic mass is 10.1. The average molecular weight is 290 g/mol. The van der Waals surface area contributed by atoms with Crippen LogP contribution in [0.15, 0.2) is 77.9 Å². The smallest absolute Gasteiger partial charge is 0.126 e. The van der Waals surface area contributed by atoms with Gasteiger partial charge in [-0.15, -0.1) is 0 Å². The highest BCUT2D eigenvalue weighted by molar-refractivity contribution is 8.14. The van der Waals surface area contributed by atoms with E-state index in [1.54, 1.807) is 11.8 Å². The molecule has 1 unspecified atom stereocenters. The molecule has 1 N–H and O–H groups in total. The van der Waals surface area contributed by atoms with Gasteiger partial charge in [-0.3, -0.25) is 5.43 Å². The molecular weight excluding hydrogens is 276 g/mol. The summed E-state index contributed by atoms with van der Waals surface area (Å²) in [6, 6.07) is 25.3. The van der Waals surface area contributed by atoms with E-state index in [1.165, 1.54) is 21.9 Å². The first-order chi connectivity index (χ1) is 10.4. The Kier molecular flexibility index (Phi) is 3.13. The molecule has 0 aromatic heterocycles. The van der Waals surface area contributed by atoms with Crippen LogP contribution in [0.3, 0.4) is 0 Å². The molecule has 0 spiro atoms. The van der Waals surface area contributed by atoms with Gasteiger partial charge in [-0.1, -0.05) is 78.5 Å². The summed E-state index contributed by atoms with van der Waals surface area (Å²) < 4.78 is 0. The predicted molar refractivity (Wildman–Crippen MR) is 90.4 cm³/mol. The fraction of sp³-hybridized carbons (Fsp3) is 0.0556. The minimum absolute atomic E-state index is 0.202. The molecule has 1 heterocycles. The van der Waals surface area contributed by atoms with E-state index in [-0.39, 0.29) is 5.37 Å². The number of nitrogens with zero attached hydrogens (tertiary/aromatic N) is 1. The number of hydrazone groups is 1. The molecule has 1 aliphatic heterocycles. The van der Waals surface area contributed by atoms with Crippen molar-refractivity contribution in [2.24, 2.45) is 5.10 Å². The van der Waals surface area contributed by atoms with Crippen LogP contribution in [0.2, 0.25) is 0 Å². The van der Waals surface area contributed by atoms with Crippen molar-refractivity contribution in [1.82, 2.24) is 5.43 Å². The number of fused-ring (bicyclic) bond motifs is 1. The van der Waals surface area contributed by atoms with Crippen LogP contribution in [0.4, 0.5) is 0 Å². The SMILES string of the molecule is c1ccc(C2NN=C(c3ccc4ccccc4c3)S2)cc1. The topological polar surface area (TPSA) is 24.4 Å². The van der Waals surface area contributed by atoms with Gasteiger partial charge in [0.1, 0.15) is 10.4 Å². The van der Waals surface area contributed by atoms with Crippen LogP contribution in [0, 0.1) is 0 Å². The molecule has 4 rings (SSSR count). The van der Waals surface area contributed by atoms with Gasteiger partial charge in [-0.05, 0) is 22.4 Å². The van der Waals surface area contributed by atoms with Gasteiger partial charge in [-0.2, -0.15) is 5.10 Å². The Morgan fingerprint density at radius 1 is 0.810 bits per heavy atom. The highest BCUT2D eigenvalue weighted by Gasteiger charge is 2.21. The number of hydrogen-bond acceptors (Lipinski definition) is 3. The first kappa shape index (κ1) is 12.5. The number of benzene rings is 3. The summed E-state index contributed by atoms with van der Waals surface area (Å²) >= 11 is 1.76. The Hall–Kier alpha value is -2.26. The van der Waals surface area contributed by atoms with Crippen LogP contribution in [0.25, 0.3) is 10.8 Å². The van der Waals surface area contributed by atoms with Gasteiger partial charge < -0.3 is 0 Å². The highest BCUT2D eigenvalue weighted by atomic mass is 32.2. The first-order valence-electron chi connectivity index (χ1n) is 6.94. The highest BCUT2D eigenvalue weighted by Crippen LogP contribution is 2.34. The van der Waals surface area contributed by atoms with Gasteiger partial charge in [0.05, 0.1) is 0 Å². The van der Waals surface area contributed by atoms with E-state index in [0.29, 0.717) is 0 Å². The maximum absolute atomic E-state index is 4.50. The third-order valence-electron chi connectivity index (χ3n) is 3.61. The van der Waals surface area contributed by atoms with Crippen LogP contribution in [0.5, 0.6) is 0 Å². The zero-order chi connectivity index (χ0) is 14.1. The molecule has 1 aliphatic rings. The molecule has 0 radical (unpaired) electrons. The predicted octanol–water partition coefficient (Wildman–Crippen LogP) is 4.54. The normalized spacial score (nSPS) is 17.5. The van der Waals surface area contributed by atoms with Crippen molar-refractivity contribution >= 4 is 27.6 Å². The molecule has 0 aliphatic carbocycles. The summed E-state index contributed by atoms with van der Waals surface area (Å²) in [5.74, 6) is 0. The Morgan fingerprint density at radius 2 is 1.57 bits per heavy atom. The standard InChI is InChI=1S/C18H14N2S/c1-2-7-14(8-3-1)17-19-20-18(21-17)16-11-10-13-6-4-5-9-15(13)12-16/h1-12,17,19H. The molecule has 3 aromatic rings. The van der Waals surface area contributed by atoms with Crippen molar-refractivity contribution in [2.75, 3.05) is 0 Å². The molecule has 3 heteroatoms. The lowest BCUT2D eigenvalue weighted by Gasteiger charge is -2.08. The molecule has 2 nitrogen and oxygen atoms in total. The summed E-state index contributed by atoms with van der Waals surface area (Å²) in [6.07, 6.45) is 0. The van der Waals surface area contributed by atoms with E-state index in [2.05, 4.69) is 77.3 Å². The van der Waals surface area contributed by atoms with E-state index in [0.717, 1.165) is 5.04 Å². The van der Waals surface area contributed by atoms with Crippen LogP contribution < -0.4 is 5.43 Å². The first-order valence-corrected chi connectivity index (χ1v) is 7.82. The maximum Gasteiger partial charge on any atom is 0.126 e. The molecule has 1 atom stereocenters. The van der Waals surface area contributed by atoms with Crippen LogP contribution >= 0.6 is 11.8 Å². The summed E-state index contributed by atoms with van der Waals surface area (Å²) in [4.78, 5) is 0. The number of thioether (sulfide) groups is 1. The van der Waals surface area contributed by atoms with Gasteiger partial charge in [0.25, 0.3) is 0 Å². The van der Waals surface area contributed by atoms with Crippen molar-refractivity contribution < 1.29 is 0 Å². The average Bonchev–Trinajstić information content (AvgIpc) is 3.05. The van der Waals surface area contributed by atoms with Crippen molar-refractivity contribution in [2.45, 2.75) is 5.37 Å². The third-order valence-corrected chi connectivity index (χ3v) is 4.78. The fourth-order valence-electron chi connectivity index (χ4n) is 2.51. The van der Waals surface area contributed by atoms with Crippen molar-refractivity contribution in [3.63, 3.8) is 0 Å². The monoisotopic (exact) mass is 290 g/mol. The molecule has 0 saturated heterocycles. The summed E-state index contributed by atoms with van der Waals surface area (Å²) in [5, 5.41) is 8.27. The molecule has 0 amide bonds. The lowest BCUT2D eigenvalue weighted by molar-refractivity contribution is 0.744. The second-order valence-electron chi connectivity index (χ2n) is 5.02. The van der Waals surface area contributed by atoms with Crippen LogP contribution in [-0.2, 0) is 0 Å². The summed E-state index contributed by atoms with van der Waals surface area (Å²) in [7, 11) is 0. The maximum atomic E-state index is 4.50. The van der Waals surface area contributed by atoms with Gasteiger partial charge in [0, 0.05) is 5.56 Å². The number of hydrogen-bond donors (Lipinski definition) is 1. The Balaban J connectivity index is 1.62. The number of rotatable bonds is 2. The quantitative estimate of drug-likeness (QED) is 0.749. The second kappa shape index (κ2) is 5.26. The Morgan fingerprint density at radius 3 is 2.43 bits per heavy atom. The van der Waals surface area contributed by atoms with Crippen molar-refractivity contribution in [3.8, 4) is 0 Å². The third kappa shape index (κ3) is 2.41. The molecule has 3 aromatic carbocycles. The van der Waals surface area contributed by atoms with E-state index in [4.69, 9.17) is 0 Å². The molecule has 0 saturated carbocycles. The van der Waals surface area contributed by atoms with Crippen LogP contribution in [0.1, 0.15) is 16.5 Å². The minimum atomic E-state index is 0.202. The molecule has 0 fully saturated rings. The lowest BCUT2D eigenvalue weighted by Crippen LogP contribution is -2.05. The fourth-order valence-corrected chi connectivity index (χ4v) is 3.50. The molecule has 102 valence electrons. The second-order valence-corrected chi connectivity index (χ2v) is 6.11. The van der Waals surface area contributed by atoms with Gasteiger partial charge in [0.15, 0.2) is 0 Å². The van der Waals surface area contributed by atoms with Crippen LogP contribution in [-0.4, -0.2) is 5.04 Å². The van der Waals surface area contributed by atoms with E-state index in [1.807, 2.05) is 6.07 Å². The van der Waals surface area contributed by atoms with Gasteiger partial charge >= 0.3 is 0 Å². The zero-order valence-electron chi connectivity index (χ0n) is 11.4. The number of nitrogens with one attached hydrogen (secondary N) is 1. The van der Waals surface area contributed by atoms with E-state index < -0.39 is 0 Å². The van der Waals surface area contributed by atoms with Crippen molar-refractivity contribution in [1.29, 1.82) is 0 Å². The molecule has 21 heavy (non-hydrogen) atoms. The Bertz CT molecular complexity index is 812. The summed E-state index contributed by atoms with van der Waals surface area (Å²) in [6.45, 7) is 0. The summed E-state index contributed by atoms with van der Waals surface area (Å²) in [5.41, 5.74) is 5.64. The van der Waals surface area contributed by atoms with Crippen molar-refractivity contribution in [3.05, 3.63) is 83.9 Å². The Labute approximate surface area is 127 Å². The van der Waals surface area contributed by atoms with Gasteiger partial charge in [-0.25, -0.2) is 0 Å². The zero-order valence-corrected chi connectivity index (χ0v) is 12.2. The minimum Gasteiger partial charge on any atom is -0.291 e. The van der Waals surface area contributed by atoms with E-state index in [9.17, 15) is 0 Å². The van der Waals surface area contributed by atoms with Gasteiger partial charge in [0.2, 0.25) is 0 Å². The molecular formula is C18H14N2S. The molecule has 0 bridgehead atoms.